The molecule has 0 aliphatic carbocycles. The number of ether oxygens (including phenoxy) is 3. The van der Waals surface area contributed by atoms with Crippen molar-refractivity contribution in [2.45, 2.75) is 12.1 Å². The first-order valence-corrected chi connectivity index (χ1v) is 11.8. The number of carbonyl (C=O) groups is 1. The van der Waals surface area contributed by atoms with Crippen molar-refractivity contribution in [1.29, 1.82) is 0 Å². The fraction of sp³-hybridized carbons (Fsp3) is 0.200. The van der Waals surface area contributed by atoms with Crippen LogP contribution < -0.4 is 19.5 Å². The topological polar surface area (TPSA) is 100 Å². The quantitative estimate of drug-likeness (QED) is 0.324. The van der Waals surface area contributed by atoms with Gasteiger partial charge in [0.05, 0.1) is 26.6 Å². The molecule has 180 valence electrons. The zero-order chi connectivity index (χ0) is 24.6. The summed E-state index contributed by atoms with van der Waals surface area (Å²) in [6, 6.07) is 16.6. The highest BCUT2D eigenvalue weighted by Gasteiger charge is 2.18. The molecule has 1 amide bonds. The maximum atomic E-state index is 12.7. The van der Waals surface area contributed by atoms with E-state index in [0.29, 0.717) is 34.8 Å². The normalized spacial score (nSPS) is 10.6. The Hall–Kier alpha value is -4.05. The van der Waals surface area contributed by atoms with E-state index in [1.807, 2.05) is 47.9 Å². The van der Waals surface area contributed by atoms with Gasteiger partial charge in [0.2, 0.25) is 5.91 Å². The highest BCUT2D eigenvalue weighted by molar-refractivity contribution is 7.99. The number of thioether (sulfide) groups is 1. The molecule has 2 aromatic heterocycles. The number of benzene rings is 2. The van der Waals surface area contributed by atoms with Crippen LogP contribution >= 0.6 is 11.8 Å². The van der Waals surface area contributed by atoms with Crippen LogP contribution in [0.1, 0.15) is 6.92 Å². The molecule has 1 N–H and O–H groups in total. The van der Waals surface area contributed by atoms with Crippen molar-refractivity contribution in [3.63, 3.8) is 0 Å². The summed E-state index contributed by atoms with van der Waals surface area (Å²) in [5, 5.41) is 12.2. The van der Waals surface area contributed by atoms with Crippen LogP contribution in [0, 0.1) is 0 Å². The van der Waals surface area contributed by atoms with Crippen molar-refractivity contribution in [3.8, 4) is 34.3 Å². The van der Waals surface area contributed by atoms with Crippen LogP contribution in [0.3, 0.4) is 0 Å². The second-order valence-electron chi connectivity index (χ2n) is 7.24. The summed E-state index contributed by atoms with van der Waals surface area (Å²) in [6.45, 7) is 2.53. The van der Waals surface area contributed by atoms with Crippen molar-refractivity contribution in [2.24, 2.45) is 0 Å². The van der Waals surface area contributed by atoms with Crippen LogP contribution in [0.25, 0.3) is 17.1 Å². The van der Waals surface area contributed by atoms with Crippen LogP contribution in [-0.2, 0) is 4.79 Å². The first-order chi connectivity index (χ1) is 17.1. The minimum atomic E-state index is -0.197. The third-order valence-corrected chi connectivity index (χ3v) is 5.87. The molecule has 0 saturated carbocycles. The van der Waals surface area contributed by atoms with E-state index in [0.717, 1.165) is 17.0 Å². The molecular weight excluding hydrogens is 466 g/mol. The summed E-state index contributed by atoms with van der Waals surface area (Å²) in [4.78, 5) is 16.8. The molecule has 0 aliphatic rings. The Labute approximate surface area is 207 Å². The molecule has 0 fully saturated rings. The molecule has 4 aromatic rings. The maximum absolute atomic E-state index is 12.7. The van der Waals surface area contributed by atoms with E-state index in [4.69, 9.17) is 14.2 Å². The summed E-state index contributed by atoms with van der Waals surface area (Å²) in [5.74, 6) is 2.53. The van der Waals surface area contributed by atoms with Gasteiger partial charge in [0, 0.05) is 47.5 Å². The Bertz CT molecular complexity index is 1260. The van der Waals surface area contributed by atoms with Gasteiger partial charge in [0.1, 0.15) is 17.2 Å². The van der Waals surface area contributed by atoms with Crippen LogP contribution in [0.4, 0.5) is 5.69 Å². The van der Waals surface area contributed by atoms with Gasteiger partial charge in [-0.1, -0.05) is 11.8 Å². The smallest absolute Gasteiger partial charge is 0.234 e. The molecule has 2 heterocycles. The van der Waals surface area contributed by atoms with Gasteiger partial charge in [-0.15, -0.1) is 10.2 Å². The third-order valence-electron chi connectivity index (χ3n) is 4.95. The molecule has 0 radical (unpaired) electrons. The van der Waals surface area contributed by atoms with E-state index in [-0.39, 0.29) is 11.7 Å². The highest BCUT2D eigenvalue weighted by Crippen LogP contribution is 2.29. The summed E-state index contributed by atoms with van der Waals surface area (Å²) < 4.78 is 18.0. The molecule has 0 bridgehead atoms. The number of amides is 1. The van der Waals surface area contributed by atoms with Gasteiger partial charge in [-0.2, -0.15) is 0 Å². The van der Waals surface area contributed by atoms with Crippen LogP contribution in [0.5, 0.6) is 17.2 Å². The Morgan fingerprint density at radius 2 is 1.63 bits per heavy atom. The Kier molecular flexibility index (Phi) is 7.84. The number of carbonyl (C=O) groups excluding carboxylic acids is 1. The van der Waals surface area contributed by atoms with Crippen molar-refractivity contribution in [2.75, 3.05) is 31.9 Å². The van der Waals surface area contributed by atoms with Gasteiger partial charge in [0.25, 0.3) is 0 Å². The summed E-state index contributed by atoms with van der Waals surface area (Å²) in [5.41, 5.74) is 2.30. The van der Waals surface area contributed by atoms with E-state index in [1.54, 1.807) is 44.8 Å². The summed E-state index contributed by atoms with van der Waals surface area (Å²) in [7, 11) is 3.12. The molecule has 0 aliphatic heterocycles. The van der Waals surface area contributed by atoms with E-state index in [2.05, 4.69) is 20.5 Å². The first-order valence-electron chi connectivity index (χ1n) is 10.9. The largest absolute Gasteiger partial charge is 0.497 e. The monoisotopic (exact) mass is 491 g/mol. The number of aromatic nitrogens is 4. The number of methoxy groups -OCH3 is 2. The van der Waals surface area contributed by atoms with Crippen molar-refractivity contribution >= 4 is 23.4 Å². The van der Waals surface area contributed by atoms with Gasteiger partial charge >= 0.3 is 0 Å². The van der Waals surface area contributed by atoms with Crippen LogP contribution in [-0.4, -0.2) is 52.2 Å². The zero-order valence-electron chi connectivity index (χ0n) is 19.6. The Morgan fingerprint density at radius 1 is 0.943 bits per heavy atom. The number of pyridine rings is 1. The van der Waals surface area contributed by atoms with Gasteiger partial charge in [-0.25, -0.2) is 0 Å². The van der Waals surface area contributed by atoms with Gasteiger partial charge in [-0.3, -0.25) is 14.3 Å². The zero-order valence-corrected chi connectivity index (χ0v) is 20.4. The second kappa shape index (κ2) is 11.4. The standard InChI is InChI=1S/C25H25N5O4S/c1-4-34-20-7-5-19(6-8-20)30-24(17-9-11-26-12-10-17)28-29-25(30)35-16-23(31)27-18-13-21(32-2)15-22(14-18)33-3/h5-15H,4,16H2,1-3H3,(H,27,31). The van der Waals surface area contributed by atoms with Crippen molar-refractivity contribution in [3.05, 3.63) is 67.0 Å². The average Bonchev–Trinajstić information content (AvgIpc) is 3.32. The molecule has 9 nitrogen and oxygen atoms in total. The highest BCUT2D eigenvalue weighted by atomic mass is 32.2. The minimum Gasteiger partial charge on any atom is -0.497 e. The Morgan fingerprint density at radius 3 is 2.26 bits per heavy atom. The Balaban J connectivity index is 1.57. The predicted molar refractivity (Wildman–Crippen MR) is 135 cm³/mol. The van der Waals surface area contributed by atoms with Crippen LogP contribution in [0.15, 0.2) is 72.1 Å². The third kappa shape index (κ3) is 5.90. The lowest BCUT2D eigenvalue weighted by atomic mass is 10.2. The van der Waals surface area contributed by atoms with Crippen LogP contribution in [0.2, 0.25) is 0 Å². The first kappa shape index (κ1) is 24.1. The van der Waals surface area contributed by atoms with Crippen molar-refractivity contribution < 1.29 is 19.0 Å². The molecule has 10 heteroatoms. The van der Waals surface area contributed by atoms with Gasteiger partial charge in [-0.05, 0) is 43.3 Å². The molecule has 0 atom stereocenters. The van der Waals surface area contributed by atoms with E-state index in [1.165, 1.54) is 11.8 Å². The molecule has 35 heavy (non-hydrogen) atoms. The second-order valence-corrected chi connectivity index (χ2v) is 8.19. The summed E-state index contributed by atoms with van der Waals surface area (Å²) in [6.07, 6.45) is 3.41. The molecule has 2 aromatic carbocycles. The van der Waals surface area contributed by atoms with Crippen molar-refractivity contribution in [1.82, 2.24) is 19.7 Å². The van der Waals surface area contributed by atoms with E-state index >= 15 is 0 Å². The lowest BCUT2D eigenvalue weighted by molar-refractivity contribution is -0.113. The maximum Gasteiger partial charge on any atom is 0.234 e. The molecular formula is C25H25N5O4S. The number of nitrogens with zero attached hydrogens (tertiary/aromatic N) is 4. The van der Waals surface area contributed by atoms with E-state index < -0.39 is 0 Å². The number of rotatable bonds is 10. The molecule has 0 unspecified atom stereocenters. The fourth-order valence-corrected chi connectivity index (χ4v) is 4.10. The number of hydrogen-bond donors (Lipinski definition) is 1. The predicted octanol–water partition coefficient (Wildman–Crippen LogP) is 4.48. The SMILES string of the molecule is CCOc1ccc(-n2c(SCC(=O)Nc3cc(OC)cc(OC)c3)nnc2-c2ccncc2)cc1. The number of hydrogen-bond acceptors (Lipinski definition) is 8. The number of anilines is 1. The molecule has 0 spiro atoms. The lowest BCUT2D eigenvalue weighted by Gasteiger charge is -2.12. The number of nitrogens with one attached hydrogen (secondary N) is 1. The van der Waals surface area contributed by atoms with Gasteiger partial charge in [0.15, 0.2) is 11.0 Å². The van der Waals surface area contributed by atoms with E-state index in [9.17, 15) is 4.79 Å². The molecule has 4 rings (SSSR count). The molecule has 0 saturated heterocycles. The minimum absolute atomic E-state index is 0.130. The average molecular weight is 492 g/mol. The lowest BCUT2D eigenvalue weighted by Crippen LogP contribution is -2.14. The fourth-order valence-electron chi connectivity index (χ4n) is 3.35. The summed E-state index contributed by atoms with van der Waals surface area (Å²) >= 11 is 1.29. The van der Waals surface area contributed by atoms with Gasteiger partial charge < -0.3 is 19.5 Å².